The molecule has 2 amide bonds. The van der Waals surface area contributed by atoms with Gasteiger partial charge in [0.2, 0.25) is 10.0 Å². The zero-order chi connectivity index (χ0) is 24.5. The molecule has 0 spiro atoms. The summed E-state index contributed by atoms with van der Waals surface area (Å²) in [7, 11) is -3.27. The maximum absolute atomic E-state index is 13.5. The van der Waals surface area contributed by atoms with E-state index in [9.17, 15) is 18.0 Å². The Bertz CT molecular complexity index is 931. The molecule has 2 heterocycles. The lowest BCUT2D eigenvalue weighted by Gasteiger charge is -2.28. The molecular formula is C22H33N3O5S3. The van der Waals surface area contributed by atoms with Gasteiger partial charge in [0.05, 0.1) is 19.3 Å². The van der Waals surface area contributed by atoms with Crippen LogP contribution in [0.1, 0.15) is 49.8 Å². The molecule has 33 heavy (non-hydrogen) atoms. The van der Waals surface area contributed by atoms with Crippen LogP contribution in [0.15, 0.2) is 35.0 Å². The van der Waals surface area contributed by atoms with Crippen LogP contribution < -0.4 is 10.0 Å². The lowest BCUT2D eigenvalue weighted by atomic mass is 10.1. The minimum absolute atomic E-state index is 0.266. The summed E-state index contributed by atoms with van der Waals surface area (Å²) in [5, 5.41) is 6.66. The largest absolute Gasteiger partial charge is 0.436 e. The fourth-order valence-corrected chi connectivity index (χ4v) is 4.96. The van der Waals surface area contributed by atoms with Crippen LogP contribution in [-0.2, 0) is 32.6 Å². The Morgan fingerprint density at radius 1 is 1.06 bits per heavy atom. The first-order chi connectivity index (χ1) is 15.4. The number of carbonyl (C=O) groups is 2. The molecule has 11 heteroatoms. The fraction of sp³-hybridized carbons (Fsp3) is 0.545. The molecule has 184 valence electrons. The molecule has 2 N–H and O–H groups in total. The van der Waals surface area contributed by atoms with Gasteiger partial charge >= 0.3 is 6.09 Å². The molecule has 2 aromatic rings. The number of thiophene rings is 2. The van der Waals surface area contributed by atoms with E-state index in [2.05, 4.69) is 10.0 Å². The van der Waals surface area contributed by atoms with E-state index in [4.69, 9.17) is 4.74 Å². The number of nitrogens with one attached hydrogen (secondary N) is 2. The SMILES string of the molecule is CC(C)(C)NC(=O)O[C@@H](CCCCNS(C)(=O)=O)C(=O)N(Cc1cccs1)Cc1cccs1. The summed E-state index contributed by atoms with van der Waals surface area (Å²) in [5.41, 5.74) is -0.502. The second-order valence-electron chi connectivity index (χ2n) is 8.78. The molecule has 0 saturated carbocycles. The van der Waals surface area contributed by atoms with Crippen molar-refractivity contribution in [3.05, 3.63) is 44.8 Å². The number of ether oxygens (including phenoxy) is 1. The maximum atomic E-state index is 13.5. The van der Waals surface area contributed by atoms with Crippen molar-refractivity contribution in [3.63, 3.8) is 0 Å². The molecule has 0 aromatic carbocycles. The summed E-state index contributed by atoms with van der Waals surface area (Å²) in [5.74, 6) is -0.267. The van der Waals surface area contributed by atoms with Gasteiger partial charge in [-0.1, -0.05) is 12.1 Å². The van der Waals surface area contributed by atoms with Crippen molar-refractivity contribution in [2.24, 2.45) is 0 Å². The van der Waals surface area contributed by atoms with Gasteiger partial charge in [0.1, 0.15) is 0 Å². The van der Waals surface area contributed by atoms with Gasteiger partial charge in [-0.05, 0) is 62.9 Å². The number of hydrogen-bond donors (Lipinski definition) is 2. The van der Waals surface area contributed by atoms with Gasteiger partial charge in [-0.15, -0.1) is 22.7 Å². The van der Waals surface area contributed by atoms with E-state index in [1.165, 1.54) is 0 Å². The van der Waals surface area contributed by atoms with Crippen LogP contribution in [0, 0.1) is 0 Å². The Morgan fingerprint density at radius 2 is 1.64 bits per heavy atom. The first-order valence-corrected chi connectivity index (χ1v) is 14.3. The third-order valence-corrected chi connectivity index (χ3v) is 6.88. The molecule has 0 aliphatic heterocycles. The third kappa shape index (κ3) is 11.1. The number of unbranched alkanes of at least 4 members (excludes halogenated alkanes) is 1. The molecular weight excluding hydrogens is 482 g/mol. The molecule has 0 unspecified atom stereocenters. The Hall–Kier alpha value is -1.95. The zero-order valence-electron chi connectivity index (χ0n) is 19.5. The number of hydrogen-bond acceptors (Lipinski definition) is 7. The van der Waals surface area contributed by atoms with E-state index in [0.717, 1.165) is 16.0 Å². The summed E-state index contributed by atoms with van der Waals surface area (Å²) < 4.78 is 30.5. The molecule has 0 radical (unpaired) electrons. The van der Waals surface area contributed by atoms with Gasteiger partial charge in [-0.3, -0.25) is 4.79 Å². The highest BCUT2D eigenvalue weighted by Crippen LogP contribution is 2.20. The van der Waals surface area contributed by atoms with Crippen molar-refractivity contribution < 1.29 is 22.7 Å². The second kappa shape index (κ2) is 12.5. The molecule has 2 aromatic heterocycles. The predicted octanol–water partition coefficient (Wildman–Crippen LogP) is 3.95. The van der Waals surface area contributed by atoms with Crippen LogP contribution in [0.25, 0.3) is 0 Å². The number of nitrogens with zero attached hydrogens (tertiary/aromatic N) is 1. The molecule has 0 saturated heterocycles. The standard InChI is InChI=1S/C22H33N3O5S3/c1-22(2,3)24-21(27)30-19(11-5-6-12-23-33(4,28)29)20(26)25(15-17-9-7-13-31-17)16-18-10-8-14-32-18/h7-10,13-14,19,23H,5-6,11-12,15-16H2,1-4H3,(H,24,27)/t19-/m0/s1. The van der Waals surface area contributed by atoms with E-state index in [1.807, 2.05) is 55.8 Å². The van der Waals surface area contributed by atoms with Gasteiger partial charge in [-0.2, -0.15) is 0 Å². The number of amides is 2. The highest BCUT2D eigenvalue weighted by Gasteiger charge is 2.29. The van der Waals surface area contributed by atoms with Crippen LogP contribution in [0.3, 0.4) is 0 Å². The molecule has 0 fully saturated rings. The van der Waals surface area contributed by atoms with Crippen LogP contribution in [0.4, 0.5) is 4.79 Å². The predicted molar refractivity (Wildman–Crippen MR) is 133 cm³/mol. The number of carbonyl (C=O) groups excluding carboxylic acids is 2. The molecule has 1 atom stereocenters. The van der Waals surface area contributed by atoms with Crippen molar-refractivity contribution in [1.82, 2.24) is 14.9 Å². The van der Waals surface area contributed by atoms with Gasteiger partial charge < -0.3 is 15.0 Å². The molecule has 2 rings (SSSR count). The molecule has 0 bridgehead atoms. The normalized spacial score (nSPS) is 12.8. The van der Waals surface area contributed by atoms with E-state index in [1.54, 1.807) is 27.6 Å². The number of alkyl carbamates (subject to hydrolysis) is 1. The number of sulfonamides is 1. The van der Waals surface area contributed by atoms with Crippen molar-refractivity contribution in [2.75, 3.05) is 12.8 Å². The van der Waals surface area contributed by atoms with Crippen molar-refractivity contribution >= 4 is 44.7 Å². The third-order valence-electron chi connectivity index (χ3n) is 4.42. The fourth-order valence-electron chi connectivity index (χ4n) is 3.01. The summed E-state index contributed by atoms with van der Waals surface area (Å²) in [6.45, 7) is 6.61. The van der Waals surface area contributed by atoms with Crippen LogP contribution in [-0.4, -0.2) is 49.8 Å². The van der Waals surface area contributed by atoms with Crippen LogP contribution in [0.2, 0.25) is 0 Å². The lowest BCUT2D eigenvalue weighted by molar-refractivity contribution is -0.142. The Labute approximate surface area is 204 Å². The summed E-state index contributed by atoms with van der Waals surface area (Å²) in [4.78, 5) is 29.8. The average Bonchev–Trinajstić information content (AvgIpc) is 3.37. The van der Waals surface area contributed by atoms with Gasteiger partial charge in [0, 0.05) is 21.8 Å². The highest BCUT2D eigenvalue weighted by atomic mass is 32.2. The van der Waals surface area contributed by atoms with Crippen molar-refractivity contribution in [2.45, 2.75) is 64.8 Å². The summed E-state index contributed by atoms with van der Waals surface area (Å²) >= 11 is 3.13. The molecule has 0 aliphatic rings. The minimum Gasteiger partial charge on any atom is -0.436 e. The van der Waals surface area contributed by atoms with Gasteiger partial charge in [-0.25, -0.2) is 17.9 Å². The lowest BCUT2D eigenvalue weighted by Crippen LogP contribution is -2.46. The Balaban J connectivity index is 2.12. The summed E-state index contributed by atoms with van der Waals surface area (Å²) in [6, 6.07) is 7.82. The van der Waals surface area contributed by atoms with E-state index < -0.39 is 27.8 Å². The van der Waals surface area contributed by atoms with Crippen molar-refractivity contribution in [3.8, 4) is 0 Å². The molecule has 8 nitrogen and oxygen atoms in total. The topological polar surface area (TPSA) is 105 Å². The van der Waals surface area contributed by atoms with Gasteiger partial charge in [0.15, 0.2) is 6.10 Å². The van der Waals surface area contributed by atoms with Crippen molar-refractivity contribution in [1.29, 1.82) is 0 Å². The quantitative estimate of drug-likeness (QED) is 0.417. The van der Waals surface area contributed by atoms with Gasteiger partial charge in [0.25, 0.3) is 5.91 Å². The summed E-state index contributed by atoms with van der Waals surface area (Å²) in [6.07, 6.45) is 0.831. The number of rotatable bonds is 12. The smallest absolute Gasteiger partial charge is 0.408 e. The maximum Gasteiger partial charge on any atom is 0.408 e. The highest BCUT2D eigenvalue weighted by molar-refractivity contribution is 7.88. The first kappa shape index (κ1) is 27.3. The van der Waals surface area contributed by atoms with Crippen LogP contribution in [0.5, 0.6) is 0 Å². The van der Waals surface area contributed by atoms with E-state index in [0.29, 0.717) is 32.4 Å². The average molecular weight is 516 g/mol. The Kier molecular flexibility index (Phi) is 10.3. The van der Waals surface area contributed by atoms with Crippen LogP contribution >= 0.6 is 22.7 Å². The Morgan fingerprint density at radius 3 is 2.09 bits per heavy atom. The van der Waals surface area contributed by atoms with E-state index in [-0.39, 0.29) is 12.5 Å². The zero-order valence-corrected chi connectivity index (χ0v) is 21.9. The molecule has 0 aliphatic carbocycles. The minimum atomic E-state index is -3.27. The second-order valence-corrected chi connectivity index (χ2v) is 12.7. The monoisotopic (exact) mass is 515 g/mol. The van der Waals surface area contributed by atoms with E-state index >= 15 is 0 Å². The first-order valence-electron chi connectivity index (χ1n) is 10.7.